The lowest BCUT2D eigenvalue weighted by atomic mass is 10.2. The summed E-state index contributed by atoms with van der Waals surface area (Å²) in [6.45, 7) is 5.34. The zero-order valence-corrected chi connectivity index (χ0v) is 16.8. The van der Waals surface area contributed by atoms with Crippen LogP contribution in [0.1, 0.15) is 31.7 Å². The molecule has 0 aliphatic rings. The van der Waals surface area contributed by atoms with Gasteiger partial charge in [0.2, 0.25) is 0 Å². The van der Waals surface area contributed by atoms with Crippen molar-refractivity contribution in [2.45, 2.75) is 32.7 Å². The minimum Gasteiger partial charge on any atom is -0.496 e. The molecule has 0 spiro atoms. The number of nitrogens with one attached hydrogen (secondary N) is 2. The molecule has 1 rings (SSSR count). The van der Waals surface area contributed by atoms with Crippen LogP contribution in [0.4, 0.5) is 0 Å². The summed E-state index contributed by atoms with van der Waals surface area (Å²) >= 11 is 0. The molecule has 132 valence electrons. The fourth-order valence-corrected chi connectivity index (χ4v) is 1.98. The Morgan fingerprint density at radius 1 is 1.13 bits per heavy atom. The molecule has 0 aliphatic carbocycles. The van der Waals surface area contributed by atoms with Crippen LogP contribution in [0.15, 0.2) is 29.3 Å². The largest absolute Gasteiger partial charge is 0.496 e. The minimum absolute atomic E-state index is 0. The van der Waals surface area contributed by atoms with Gasteiger partial charge in [0.25, 0.3) is 0 Å². The molecule has 1 aromatic rings. The van der Waals surface area contributed by atoms with Crippen LogP contribution in [0, 0.1) is 0 Å². The summed E-state index contributed by atoms with van der Waals surface area (Å²) in [5.74, 6) is 1.68. The number of methoxy groups -OCH3 is 1. The lowest BCUT2D eigenvalue weighted by Gasteiger charge is -2.13. The van der Waals surface area contributed by atoms with E-state index >= 15 is 0 Å². The van der Waals surface area contributed by atoms with E-state index in [1.54, 1.807) is 14.2 Å². The van der Waals surface area contributed by atoms with Gasteiger partial charge in [-0.15, -0.1) is 24.0 Å². The summed E-state index contributed by atoms with van der Waals surface area (Å²) in [5, 5.41) is 6.58. The Kier molecular flexibility index (Phi) is 13.9. The normalized spacial score (nSPS) is 10.8. The first-order chi connectivity index (χ1) is 10.8. The van der Waals surface area contributed by atoms with Gasteiger partial charge in [0, 0.05) is 38.9 Å². The lowest BCUT2D eigenvalue weighted by molar-refractivity contribution is 0.129. The molecule has 23 heavy (non-hydrogen) atoms. The monoisotopic (exact) mass is 435 g/mol. The maximum Gasteiger partial charge on any atom is 0.191 e. The van der Waals surface area contributed by atoms with E-state index in [-0.39, 0.29) is 24.0 Å². The van der Waals surface area contributed by atoms with E-state index in [9.17, 15) is 0 Å². The summed E-state index contributed by atoms with van der Waals surface area (Å²) in [6.07, 6.45) is 3.28. The number of guanidine groups is 1. The topological polar surface area (TPSA) is 54.9 Å². The van der Waals surface area contributed by atoms with E-state index in [2.05, 4.69) is 22.5 Å². The van der Waals surface area contributed by atoms with Crippen LogP contribution in [0.5, 0.6) is 5.75 Å². The van der Waals surface area contributed by atoms with Crippen molar-refractivity contribution in [2.24, 2.45) is 4.99 Å². The molecule has 0 unspecified atom stereocenters. The number of benzene rings is 1. The standard InChI is InChI=1S/C17H29N3O2.HI/c1-4-5-12-22-13-8-11-19-17(18-2)20-14-15-9-6-7-10-16(15)21-3;/h6-7,9-10H,4-5,8,11-14H2,1-3H3,(H2,18,19,20);1H. The van der Waals surface area contributed by atoms with E-state index in [1.165, 1.54) is 6.42 Å². The Balaban J connectivity index is 0.00000484. The van der Waals surface area contributed by atoms with E-state index in [4.69, 9.17) is 9.47 Å². The van der Waals surface area contributed by atoms with E-state index < -0.39 is 0 Å². The minimum atomic E-state index is 0. The first kappa shape index (κ1) is 22.0. The first-order valence-corrected chi connectivity index (χ1v) is 7.96. The fraction of sp³-hybridized carbons (Fsp3) is 0.588. The Labute approximate surface area is 157 Å². The maximum absolute atomic E-state index is 5.53. The van der Waals surface area contributed by atoms with Crippen molar-refractivity contribution < 1.29 is 9.47 Å². The summed E-state index contributed by atoms with van der Waals surface area (Å²) in [5.41, 5.74) is 1.11. The molecule has 5 nitrogen and oxygen atoms in total. The SMILES string of the molecule is CCCCOCCCNC(=NC)NCc1ccccc1OC.I. The van der Waals surface area contributed by atoms with Gasteiger partial charge in [-0.25, -0.2) is 0 Å². The van der Waals surface area contributed by atoms with E-state index in [0.29, 0.717) is 6.54 Å². The number of nitrogens with zero attached hydrogens (tertiary/aromatic N) is 1. The molecule has 1 aromatic carbocycles. The van der Waals surface area contributed by atoms with Gasteiger partial charge in [-0.2, -0.15) is 0 Å². The number of para-hydroxylation sites is 1. The van der Waals surface area contributed by atoms with Crippen LogP contribution >= 0.6 is 24.0 Å². The third kappa shape index (κ3) is 9.65. The van der Waals surface area contributed by atoms with Crippen molar-refractivity contribution in [1.29, 1.82) is 0 Å². The summed E-state index contributed by atoms with van der Waals surface area (Å²) in [6, 6.07) is 7.97. The molecular formula is C17H30IN3O2. The number of rotatable bonds is 10. The highest BCUT2D eigenvalue weighted by molar-refractivity contribution is 14.0. The highest BCUT2D eigenvalue weighted by Crippen LogP contribution is 2.16. The van der Waals surface area contributed by atoms with Gasteiger partial charge in [0.1, 0.15) is 5.75 Å². The zero-order valence-electron chi connectivity index (χ0n) is 14.4. The summed E-state index contributed by atoms with van der Waals surface area (Å²) in [7, 11) is 3.46. The van der Waals surface area contributed by atoms with Crippen molar-refractivity contribution in [3.05, 3.63) is 29.8 Å². The predicted octanol–water partition coefficient (Wildman–Crippen LogP) is 3.19. The van der Waals surface area contributed by atoms with Crippen molar-refractivity contribution in [3.8, 4) is 5.75 Å². The molecule has 0 atom stereocenters. The molecule has 0 bridgehead atoms. The molecular weight excluding hydrogens is 405 g/mol. The van der Waals surface area contributed by atoms with Crippen LogP contribution in [-0.4, -0.2) is 39.9 Å². The molecule has 0 heterocycles. The molecule has 0 aliphatic heterocycles. The molecule has 6 heteroatoms. The highest BCUT2D eigenvalue weighted by atomic mass is 127. The molecule has 0 radical (unpaired) electrons. The number of unbranched alkanes of at least 4 members (excludes halogenated alkanes) is 1. The quantitative estimate of drug-likeness (QED) is 0.257. The zero-order chi connectivity index (χ0) is 16.0. The van der Waals surface area contributed by atoms with E-state index in [0.717, 1.165) is 49.9 Å². The van der Waals surface area contributed by atoms with E-state index in [1.807, 2.05) is 24.3 Å². The third-order valence-electron chi connectivity index (χ3n) is 3.26. The van der Waals surface area contributed by atoms with Crippen LogP contribution in [0.3, 0.4) is 0 Å². The number of ether oxygens (including phenoxy) is 2. The molecule has 0 saturated heterocycles. The average Bonchev–Trinajstić information content (AvgIpc) is 2.57. The fourth-order valence-electron chi connectivity index (χ4n) is 1.98. The highest BCUT2D eigenvalue weighted by Gasteiger charge is 2.03. The van der Waals surface area contributed by atoms with Gasteiger partial charge in [0.05, 0.1) is 7.11 Å². The van der Waals surface area contributed by atoms with Crippen LogP contribution in [0.25, 0.3) is 0 Å². The Bertz CT molecular complexity index is 442. The van der Waals surface area contributed by atoms with Gasteiger partial charge in [-0.05, 0) is 18.9 Å². The summed E-state index contributed by atoms with van der Waals surface area (Å²) < 4.78 is 10.9. The number of aliphatic imine (C=N–C) groups is 1. The average molecular weight is 435 g/mol. The Hall–Kier alpha value is -1.02. The van der Waals surface area contributed by atoms with Crippen LogP contribution in [0.2, 0.25) is 0 Å². The second kappa shape index (κ2) is 14.6. The second-order valence-electron chi connectivity index (χ2n) is 4.98. The van der Waals surface area contributed by atoms with Crippen molar-refractivity contribution >= 4 is 29.9 Å². The van der Waals surface area contributed by atoms with Gasteiger partial charge < -0.3 is 20.1 Å². The smallest absolute Gasteiger partial charge is 0.191 e. The lowest BCUT2D eigenvalue weighted by Crippen LogP contribution is -2.37. The predicted molar refractivity (Wildman–Crippen MR) is 107 cm³/mol. The van der Waals surface area contributed by atoms with Gasteiger partial charge in [-0.1, -0.05) is 31.5 Å². The Morgan fingerprint density at radius 2 is 1.87 bits per heavy atom. The molecule has 0 fully saturated rings. The number of halogens is 1. The second-order valence-corrected chi connectivity index (χ2v) is 4.98. The summed E-state index contributed by atoms with van der Waals surface area (Å²) in [4.78, 5) is 4.22. The van der Waals surface area contributed by atoms with Crippen molar-refractivity contribution in [3.63, 3.8) is 0 Å². The number of hydrogen-bond donors (Lipinski definition) is 2. The Morgan fingerprint density at radius 3 is 2.57 bits per heavy atom. The maximum atomic E-state index is 5.53. The van der Waals surface area contributed by atoms with Gasteiger partial charge in [-0.3, -0.25) is 4.99 Å². The first-order valence-electron chi connectivity index (χ1n) is 7.96. The van der Waals surface area contributed by atoms with Crippen molar-refractivity contribution in [1.82, 2.24) is 10.6 Å². The van der Waals surface area contributed by atoms with Crippen LogP contribution < -0.4 is 15.4 Å². The molecule has 0 saturated carbocycles. The van der Waals surface area contributed by atoms with Gasteiger partial charge >= 0.3 is 0 Å². The molecule has 2 N–H and O–H groups in total. The number of hydrogen-bond acceptors (Lipinski definition) is 3. The third-order valence-corrected chi connectivity index (χ3v) is 3.26. The van der Waals surface area contributed by atoms with Gasteiger partial charge in [0.15, 0.2) is 5.96 Å². The molecule has 0 amide bonds. The van der Waals surface area contributed by atoms with Crippen LogP contribution in [-0.2, 0) is 11.3 Å². The van der Waals surface area contributed by atoms with Crippen molar-refractivity contribution in [2.75, 3.05) is 33.9 Å². The molecule has 0 aromatic heterocycles.